The van der Waals surface area contributed by atoms with E-state index in [9.17, 15) is 32.3 Å². The number of hydrogen-bond donors (Lipinski definition) is 2. The van der Waals surface area contributed by atoms with E-state index in [4.69, 9.17) is 16.3 Å². The smallest absolute Gasteiger partial charge is 0.425 e. The molecule has 3 aromatic rings. The summed E-state index contributed by atoms with van der Waals surface area (Å²) in [5.41, 5.74) is -2.62. The van der Waals surface area contributed by atoms with Crippen LogP contribution in [0.25, 0.3) is 5.69 Å². The highest BCUT2D eigenvalue weighted by atomic mass is 35.5. The Bertz CT molecular complexity index is 1380. The summed E-state index contributed by atoms with van der Waals surface area (Å²) < 4.78 is 75.9. The van der Waals surface area contributed by atoms with Gasteiger partial charge in [-0.1, -0.05) is 17.7 Å². The van der Waals surface area contributed by atoms with Crippen LogP contribution in [0.5, 0.6) is 5.75 Å². The highest BCUT2D eigenvalue weighted by Gasteiger charge is 2.39. The summed E-state index contributed by atoms with van der Waals surface area (Å²) in [4.78, 5) is 25.9. The molecule has 198 valence electrons. The van der Waals surface area contributed by atoms with E-state index < -0.39 is 64.8 Å². The molecule has 1 atom stereocenters. The summed E-state index contributed by atoms with van der Waals surface area (Å²) >= 11 is 5.89. The van der Waals surface area contributed by atoms with Crippen molar-refractivity contribution >= 4 is 23.2 Å². The number of hydrogen-bond acceptors (Lipinski definition) is 5. The quantitative estimate of drug-likeness (QED) is 0.416. The van der Waals surface area contributed by atoms with Crippen molar-refractivity contribution in [3.8, 4) is 11.4 Å². The number of para-hydroxylation sites is 1. The molecular formula is C23H20ClF5N4O4. The third-order valence-corrected chi connectivity index (χ3v) is 6.26. The average Bonchev–Trinajstić information content (AvgIpc) is 3.11. The minimum absolute atomic E-state index is 0.0590. The van der Waals surface area contributed by atoms with Crippen LogP contribution in [0.2, 0.25) is 5.02 Å². The van der Waals surface area contributed by atoms with Crippen LogP contribution in [-0.2, 0) is 6.61 Å². The predicted molar refractivity (Wildman–Crippen MR) is 122 cm³/mol. The molecule has 14 heteroatoms. The standard InChI is InChI=1S/C23H20ClF5N4O4/c1-11(23(27,28)29)37-18-9-17(33-22(36)32(12-4-2-5-12)19(10-34)31-33)16(26)8-13(18)21(35)30-20-14(24)6-3-7-15(20)25/h3,6-9,11-12,34H,2,4-5,10H2,1H3,(H,30,35)/t11-/m0/s1. The summed E-state index contributed by atoms with van der Waals surface area (Å²) in [5, 5.41) is 15.5. The van der Waals surface area contributed by atoms with Crippen LogP contribution in [-0.4, -0.2) is 37.6 Å². The number of carbonyl (C=O) groups excluding carboxylic acids is 1. The van der Waals surface area contributed by atoms with Gasteiger partial charge in [-0.15, -0.1) is 5.10 Å². The number of carbonyl (C=O) groups is 1. The summed E-state index contributed by atoms with van der Waals surface area (Å²) in [6.45, 7) is 0.0263. The first-order valence-electron chi connectivity index (χ1n) is 11.1. The van der Waals surface area contributed by atoms with Gasteiger partial charge < -0.3 is 15.2 Å². The van der Waals surface area contributed by atoms with E-state index in [1.165, 1.54) is 16.7 Å². The highest BCUT2D eigenvalue weighted by molar-refractivity contribution is 6.34. The number of benzene rings is 2. The maximum Gasteiger partial charge on any atom is 0.425 e. The van der Waals surface area contributed by atoms with Crippen molar-refractivity contribution in [1.82, 2.24) is 14.3 Å². The SMILES string of the molecule is C[C@H](Oc1cc(-n2nc(CO)n(C3CCC3)c2=O)c(F)cc1C(=O)Nc1c(F)cccc1Cl)C(F)(F)F. The molecule has 1 aliphatic rings. The second-order valence-electron chi connectivity index (χ2n) is 8.38. The molecule has 37 heavy (non-hydrogen) atoms. The Morgan fingerprint density at radius 2 is 1.97 bits per heavy atom. The molecule has 2 N–H and O–H groups in total. The zero-order valence-electron chi connectivity index (χ0n) is 19.2. The van der Waals surface area contributed by atoms with Gasteiger partial charge in [0.05, 0.1) is 16.3 Å². The van der Waals surface area contributed by atoms with Gasteiger partial charge >= 0.3 is 11.9 Å². The number of aliphatic hydroxyl groups is 1. The minimum atomic E-state index is -4.86. The van der Waals surface area contributed by atoms with Crippen LogP contribution in [0.1, 0.15) is 48.4 Å². The molecule has 1 aliphatic carbocycles. The van der Waals surface area contributed by atoms with E-state index >= 15 is 4.39 Å². The summed E-state index contributed by atoms with van der Waals surface area (Å²) in [5.74, 6) is -4.17. The second kappa shape index (κ2) is 10.1. The highest BCUT2D eigenvalue weighted by Crippen LogP contribution is 2.34. The van der Waals surface area contributed by atoms with Gasteiger partial charge in [0.1, 0.15) is 29.7 Å². The molecule has 0 saturated heterocycles. The Hall–Kier alpha value is -3.45. The second-order valence-corrected chi connectivity index (χ2v) is 8.78. The van der Waals surface area contributed by atoms with Gasteiger partial charge in [0.25, 0.3) is 5.91 Å². The molecule has 1 aromatic heterocycles. The third kappa shape index (κ3) is 5.18. The molecular weight excluding hydrogens is 527 g/mol. The van der Waals surface area contributed by atoms with Crippen LogP contribution >= 0.6 is 11.6 Å². The van der Waals surface area contributed by atoms with Crippen LogP contribution in [0.3, 0.4) is 0 Å². The van der Waals surface area contributed by atoms with Crippen LogP contribution < -0.4 is 15.7 Å². The van der Waals surface area contributed by atoms with Crippen molar-refractivity contribution in [2.24, 2.45) is 0 Å². The van der Waals surface area contributed by atoms with Crippen molar-refractivity contribution in [2.75, 3.05) is 5.32 Å². The number of aromatic nitrogens is 3. The van der Waals surface area contributed by atoms with Gasteiger partial charge in [0.2, 0.25) is 0 Å². The molecule has 0 aliphatic heterocycles. The molecule has 1 heterocycles. The zero-order chi connectivity index (χ0) is 27.1. The van der Waals surface area contributed by atoms with Crippen LogP contribution in [0.4, 0.5) is 27.6 Å². The minimum Gasteiger partial charge on any atom is -0.480 e. The van der Waals surface area contributed by atoms with Crippen molar-refractivity contribution < 1.29 is 36.6 Å². The van der Waals surface area contributed by atoms with E-state index in [1.807, 2.05) is 0 Å². The Balaban J connectivity index is 1.82. The Labute approximate surface area is 211 Å². The lowest BCUT2D eigenvalue weighted by molar-refractivity contribution is -0.189. The number of rotatable bonds is 7. The first kappa shape index (κ1) is 26.6. The Morgan fingerprint density at radius 3 is 2.54 bits per heavy atom. The molecule has 8 nitrogen and oxygen atoms in total. The van der Waals surface area contributed by atoms with Crippen molar-refractivity contribution in [3.63, 3.8) is 0 Å². The number of halogens is 6. The van der Waals surface area contributed by atoms with E-state index in [1.54, 1.807) is 0 Å². The number of aliphatic hydroxyl groups excluding tert-OH is 1. The molecule has 1 saturated carbocycles. The lowest BCUT2D eigenvalue weighted by Crippen LogP contribution is -2.33. The zero-order valence-corrected chi connectivity index (χ0v) is 19.9. The van der Waals surface area contributed by atoms with Crippen molar-refractivity contribution in [3.05, 3.63) is 68.9 Å². The van der Waals surface area contributed by atoms with Gasteiger partial charge in [-0.05, 0) is 44.4 Å². The molecule has 0 unspecified atom stereocenters. The number of anilines is 1. The monoisotopic (exact) mass is 546 g/mol. The fourth-order valence-electron chi connectivity index (χ4n) is 3.73. The van der Waals surface area contributed by atoms with Gasteiger partial charge in [0, 0.05) is 12.1 Å². The van der Waals surface area contributed by atoms with Gasteiger partial charge in [-0.2, -0.15) is 17.9 Å². The van der Waals surface area contributed by atoms with E-state index in [2.05, 4.69) is 10.4 Å². The summed E-state index contributed by atoms with van der Waals surface area (Å²) in [6.07, 6.45) is -5.19. The first-order valence-corrected chi connectivity index (χ1v) is 11.4. The Morgan fingerprint density at radius 1 is 1.27 bits per heavy atom. The number of alkyl halides is 3. The fraction of sp³-hybridized carbons (Fsp3) is 0.348. The average molecular weight is 547 g/mol. The van der Waals surface area contributed by atoms with Crippen molar-refractivity contribution in [2.45, 2.75) is 51.1 Å². The van der Waals surface area contributed by atoms with E-state index in [0.717, 1.165) is 18.6 Å². The fourth-order valence-corrected chi connectivity index (χ4v) is 3.94. The molecule has 0 spiro atoms. The van der Waals surface area contributed by atoms with E-state index in [0.29, 0.717) is 30.5 Å². The topological polar surface area (TPSA) is 98.4 Å². The molecule has 2 aromatic carbocycles. The Kier molecular flexibility index (Phi) is 7.29. The van der Waals surface area contributed by atoms with Gasteiger partial charge in [0.15, 0.2) is 11.9 Å². The first-order chi connectivity index (χ1) is 17.4. The number of nitrogens with one attached hydrogen (secondary N) is 1. The third-order valence-electron chi connectivity index (χ3n) is 5.95. The largest absolute Gasteiger partial charge is 0.480 e. The molecule has 0 radical (unpaired) electrons. The number of amides is 1. The lowest BCUT2D eigenvalue weighted by atomic mass is 9.93. The normalized spacial score (nSPS) is 14.8. The molecule has 1 amide bonds. The molecule has 1 fully saturated rings. The summed E-state index contributed by atoms with van der Waals surface area (Å²) in [7, 11) is 0. The van der Waals surface area contributed by atoms with Crippen molar-refractivity contribution in [1.29, 1.82) is 0 Å². The van der Waals surface area contributed by atoms with Gasteiger partial charge in [-0.25, -0.2) is 13.6 Å². The maximum absolute atomic E-state index is 15.2. The van der Waals surface area contributed by atoms with Crippen LogP contribution in [0, 0.1) is 11.6 Å². The molecule has 4 rings (SSSR count). The number of ether oxygens (including phenoxy) is 1. The lowest BCUT2D eigenvalue weighted by Gasteiger charge is -2.26. The maximum atomic E-state index is 15.2. The predicted octanol–water partition coefficient (Wildman–Crippen LogP) is 4.76. The van der Waals surface area contributed by atoms with Gasteiger partial charge in [-0.3, -0.25) is 9.36 Å². The summed E-state index contributed by atoms with van der Waals surface area (Å²) in [6, 6.07) is 4.52. The van der Waals surface area contributed by atoms with E-state index in [-0.39, 0.29) is 16.9 Å². The number of nitrogens with zero attached hydrogens (tertiary/aromatic N) is 3. The molecule has 0 bridgehead atoms. The van der Waals surface area contributed by atoms with Crippen LogP contribution in [0.15, 0.2) is 35.1 Å².